The smallest absolute Gasteiger partial charge is 0.100 e. The van der Waals surface area contributed by atoms with Crippen molar-refractivity contribution in [2.75, 3.05) is 0 Å². The third-order valence-corrected chi connectivity index (χ3v) is 1.63. The predicted octanol–water partition coefficient (Wildman–Crippen LogP) is 2.14. The van der Waals surface area contributed by atoms with Crippen LogP contribution in [-0.4, -0.2) is 6.17 Å². The van der Waals surface area contributed by atoms with Gasteiger partial charge in [0.15, 0.2) is 0 Å². The lowest BCUT2D eigenvalue weighted by Crippen LogP contribution is -1.89. The summed E-state index contributed by atoms with van der Waals surface area (Å²) in [6.07, 6.45) is 2.23. The number of halogens is 1. The summed E-state index contributed by atoms with van der Waals surface area (Å²) in [5.41, 5.74) is 0. The molecule has 0 aliphatic heterocycles. The fourth-order valence-corrected chi connectivity index (χ4v) is 1.14. The van der Waals surface area contributed by atoms with Crippen molar-refractivity contribution in [3.05, 3.63) is 0 Å². The van der Waals surface area contributed by atoms with Crippen LogP contribution in [0.15, 0.2) is 0 Å². The standard InChI is InChI=1S/C6H11F/c1-5-2-3-6(7)4-5/h5-6H,2-4H2,1H3/t5-,6+/m1/s1. The number of hydrogen-bond donors (Lipinski definition) is 0. The Hall–Kier alpha value is -0.0700. The first-order chi connectivity index (χ1) is 3.29. The highest BCUT2D eigenvalue weighted by Crippen LogP contribution is 2.26. The van der Waals surface area contributed by atoms with Gasteiger partial charge in [0.05, 0.1) is 0 Å². The molecule has 42 valence electrons. The van der Waals surface area contributed by atoms with Crippen LogP contribution in [0.3, 0.4) is 0 Å². The molecule has 1 aliphatic rings. The van der Waals surface area contributed by atoms with E-state index in [1.165, 1.54) is 0 Å². The monoisotopic (exact) mass is 102 g/mol. The Balaban J connectivity index is 2.26. The Kier molecular flexibility index (Phi) is 1.31. The average Bonchev–Trinajstić information content (AvgIpc) is 1.87. The molecule has 7 heavy (non-hydrogen) atoms. The zero-order valence-electron chi connectivity index (χ0n) is 4.65. The van der Waals surface area contributed by atoms with Gasteiger partial charge in [0.25, 0.3) is 0 Å². The van der Waals surface area contributed by atoms with E-state index >= 15 is 0 Å². The largest absolute Gasteiger partial charge is 0.247 e. The van der Waals surface area contributed by atoms with Crippen LogP contribution < -0.4 is 0 Å². The molecule has 0 aromatic heterocycles. The molecule has 1 fully saturated rings. The van der Waals surface area contributed by atoms with Crippen LogP contribution in [0.25, 0.3) is 0 Å². The van der Waals surface area contributed by atoms with Crippen molar-refractivity contribution in [1.82, 2.24) is 0 Å². The molecule has 0 aromatic carbocycles. The summed E-state index contributed by atoms with van der Waals surface area (Å²) in [4.78, 5) is 0. The second-order valence-corrected chi connectivity index (χ2v) is 2.52. The van der Waals surface area contributed by atoms with Crippen molar-refractivity contribution >= 4 is 0 Å². The molecule has 0 unspecified atom stereocenters. The lowest BCUT2D eigenvalue weighted by Gasteiger charge is -1.93. The maximum absolute atomic E-state index is 12.2. The fourth-order valence-electron chi connectivity index (χ4n) is 1.14. The van der Waals surface area contributed by atoms with Crippen molar-refractivity contribution in [2.24, 2.45) is 5.92 Å². The van der Waals surface area contributed by atoms with Gasteiger partial charge in [-0.1, -0.05) is 6.92 Å². The maximum Gasteiger partial charge on any atom is 0.100 e. The SMILES string of the molecule is C[C@@H]1CC[C@H](F)C1. The third-order valence-electron chi connectivity index (χ3n) is 1.63. The zero-order valence-corrected chi connectivity index (χ0v) is 4.65. The molecule has 0 N–H and O–H groups in total. The van der Waals surface area contributed by atoms with Crippen LogP contribution in [0.1, 0.15) is 26.2 Å². The van der Waals surface area contributed by atoms with E-state index in [1.54, 1.807) is 0 Å². The van der Waals surface area contributed by atoms with Gasteiger partial charge in [-0.3, -0.25) is 0 Å². The summed E-state index contributed by atoms with van der Waals surface area (Å²) in [5, 5.41) is 0. The molecule has 1 saturated carbocycles. The summed E-state index contributed by atoms with van der Waals surface area (Å²) in [6, 6.07) is 0. The van der Waals surface area contributed by atoms with E-state index in [0.717, 1.165) is 19.3 Å². The van der Waals surface area contributed by atoms with E-state index in [2.05, 4.69) is 6.92 Å². The van der Waals surface area contributed by atoms with Crippen LogP contribution in [0, 0.1) is 5.92 Å². The van der Waals surface area contributed by atoms with E-state index in [0.29, 0.717) is 5.92 Å². The number of rotatable bonds is 0. The molecule has 0 saturated heterocycles. The van der Waals surface area contributed by atoms with Gasteiger partial charge < -0.3 is 0 Å². The number of hydrogen-bond acceptors (Lipinski definition) is 0. The second-order valence-electron chi connectivity index (χ2n) is 2.52. The van der Waals surface area contributed by atoms with Crippen molar-refractivity contribution in [1.29, 1.82) is 0 Å². The minimum atomic E-state index is -0.477. The van der Waals surface area contributed by atoms with E-state index in [-0.39, 0.29) is 0 Å². The van der Waals surface area contributed by atoms with E-state index < -0.39 is 6.17 Å². The minimum Gasteiger partial charge on any atom is -0.247 e. The Bertz CT molecular complexity index is 53.2. The first-order valence-electron chi connectivity index (χ1n) is 2.93. The van der Waals surface area contributed by atoms with Gasteiger partial charge in [-0.2, -0.15) is 0 Å². The Morgan fingerprint density at radius 1 is 1.43 bits per heavy atom. The summed E-state index contributed by atoms with van der Waals surface area (Å²) in [6.45, 7) is 2.11. The molecule has 0 aromatic rings. The van der Waals surface area contributed by atoms with Crippen LogP contribution >= 0.6 is 0 Å². The maximum atomic E-state index is 12.2. The quantitative estimate of drug-likeness (QED) is 0.439. The van der Waals surface area contributed by atoms with E-state index in [1.807, 2.05) is 0 Å². The molecule has 0 heterocycles. The topological polar surface area (TPSA) is 0 Å². The van der Waals surface area contributed by atoms with Crippen LogP contribution in [0.4, 0.5) is 4.39 Å². The molecular weight excluding hydrogens is 91.1 g/mol. The highest BCUT2D eigenvalue weighted by atomic mass is 19.1. The van der Waals surface area contributed by atoms with Crippen molar-refractivity contribution in [2.45, 2.75) is 32.4 Å². The van der Waals surface area contributed by atoms with Gasteiger partial charge in [0, 0.05) is 0 Å². The molecule has 0 spiro atoms. The van der Waals surface area contributed by atoms with Gasteiger partial charge in [-0.05, 0) is 25.2 Å². The molecule has 1 aliphatic carbocycles. The summed E-state index contributed by atoms with van der Waals surface area (Å²) in [5.74, 6) is 0.648. The van der Waals surface area contributed by atoms with Crippen LogP contribution in [0.2, 0.25) is 0 Å². The highest BCUT2D eigenvalue weighted by Gasteiger charge is 2.19. The Morgan fingerprint density at radius 2 is 2.14 bits per heavy atom. The Labute approximate surface area is 43.7 Å². The Morgan fingerprint density at radius 3 is 2.29 bits per heavy atom. The van der Waals surface area contributed by atoms with Crippen LogP contribution in [-0.2, 0) is 0 Å². The van der Waals surface area contributed by atoms with Crippen molar-refractivity contribution < 1.29 is 4.39 Å². The molecular formula is C6H11F. The van der Waals surface area contributed by atoms with Gasteiger partial charge >= 0.3 is 0 Å². The number of alkyl halides is 1. The van der Waals surface area contributed by atoms with Crippen LogP contribution in [0.5, 0.6) is 0 Å². The normalized spacial score (nSPS) is 42.0. The summed E-state index contributed by atoms with van der Waals surface area (Å²) in [7, 11) is 0. The van der Waals surface area contributed by atoms with Gasteiger partial charge in [-0.15, -0.1) is 0 Å². The van der Waals surface area contributed by atoms with Gasteiger partial charge in [-0.25, -0.2) is 4.39 Å². The molecule has 0 nitrogen and oxygen atoms in total. The first-order valence-corrected chi connectivity index (χ1v) is 2.93. The lowest BCUT2D eigenvalue weighted by atomic mass is 10.1. The zero-order chi connectivity index (χ0) is 5.28. The van der Waals surface area contributed by atoms with Crippen molar-refractivity contribution in [3.63, 3.8) is 0 Å². The van der Waals surface area contributed by atoms with Gasteiger partial charge in [0.1, 0.15) is 6.17 Å². The average molecular weight is 102 g/mol. The molecule has 1 heteroatoms. The third kappa shape index (κ3) is 1.15. The predicted molar refractivity (Wildman–Crippen MR) is 27.9 cm³/mol. The van der Waals surface area contributed by atoms with Crippen molar-refractivity contribution in [3.8, 4) is 0 Å². The lowest BCUT2D eigenvalue weighted by molar-refractivity contribution is 0.334. The molecule has 0 radical (unpaired) electrons. The van der Waals surface area contributed by atoms with E-state index in [4.69, 9.17) is 0 Å². The molecule has 2 atom stereocenters. The second kappa shape index (κ2) is 1.81. The highest BCUT2D eigenvalue weighted by molar-refractivity contribution is 4.70. The molecule has 0 bridgehead atoms. The van der Waals surface area contributed by atoms with E-state index in [9.17, 15) is 4.39 Å². The molecule has 1 rings (SSSR count). The van der Waals surface area contributed by atoms with Gasteiger partial charge in [0.2, 0.25) is 0 Å². The minimum absolute atomic E-state index is 0.477. The first kappa shape index (κ1) is 5.07. The fraction of sp³-hybridized carbons (Fsp3) is 1.00. The molecule has 0 amide bonds. The summed E-state index contributed by atoms with van der Waals surface area (Å²) >= 11 is 0. The summed E-state index contributed by atoms with van der Waals surface area (Å²) < 4.78 is 12.2.